The zero-order valence-corrected chi connectivity index (χ0v) is 13.3. The van der Waals surface area contributed by atoms with Crippen LogP contribution < -0.4 is 5.32 Å². The van der Waals surface area contributed by atoms with Crippen LogP contribution in [-0.4, -0.2) is 47.1 Å². The molecule has 3 unspecified atom stereocenters. The number of fused-ring (bicyclic) bond motifs is 2. The predicted molar refractivity (Wildman–Crippen MR) is 84.9 cm³/mol. The number of thioether (sulfide) groups is 1. The molecule has 0 aromatic carbocycles. The summed E-state index contributed by atoms with van der Waals surface area (Å²) in [5.74, 6) is 1.41. The van der Waals surface area contributed by atoms with Gasteiger partial charge in [-0.2, -0.15) is 11.8 Å². The Labute approximate surface area is 123 Å². The molecule has 3 rings (SSSR count). The summed E-state index contributed by atoms with van der Waals surface area (Å²) in [4.78, 5) is 2.91. The van der Waals surface area contributed by atoms with Crippen molar-refractivity contribution in [3.63, 3.8) is 0 Å². The maximum atomic E-state index is 3.78. The molecule has 0 amide bonds. The van der Waals surface area contributed by atoms with E-state index in [1.165, 1.54) is 70.2 Å². The molecule has 0 radical (unpaired) electrons. The highest BCUT2D eigenvalue weighted by Crippen LogP contribution is 2.37. The smallest absolute Gasteiger partial charge is 0.0175 e. The van der Waals surface area contributed by atoms with Gasteiger partial charge in [-0.15, -0.1) is 0 Å². The van der Waals surface area contributed by atoms with E-state index in [4.69, 9.17) is 0 Å². The van der Waals surface area contributed by atoms with Crippen molar-refractivity contribution in [3.8, 4) is 0 Å². The van der Waals surface area contributed by atoms with Gasteiger partial charge in [-0.1, -0.05) is 13.3 Å². The van der Waals surface area contributed by atoms with Crippen molar-refractivity contribution < 1.29 is 0 Å². The lowest BCUT2D eigenvalue weighted by molar-refractivity contribution is 0.0251. The van der Waals surface area contributed by atoms with Gasteiger partial charge in [0.25, 0.3) is 0 Å². The second-order valence-electron chi connectivity index (χ2n) is 6.69. The first-order chi connectivity index (χ1) is 9.36. The summed E-state index contributed by atoms with van der Waals surface area (Å²) in [6.45, 7) is 4.88. The molecule has 3 heteroatoms. The Balaban J connectivity index is 1.56. The highest BCUT2D eigenvalue weighted by atomic mass is 32.2. The van der Waals surface area contributed by atoms with Crippen molar-refractivity contribution in [1.82, 2.24) is 10.2 Å². The van der Waals surface area contributed by atoms with Gasteiger partial charge in [-0.3, -0.25) is 4.90 Å². The molecule has 19 heavy (non-hydrogen) atoms. The minimum Gasteiger partial charge on any atom is -0.314 e. The van der Waals surface area contributed by atoms with Crippen LogP contribution in [0.25, 0.3) is 0 Å². The van der Waals surface area contributed by atoms with E-state index in [9.17, 15) is 0 Å². The van der Waals surface area contributed by atoms with E-state index < -0.39 is 0 Å². The monoisotopic (exact) mass is 282 g/mol. The van der Waals surface area contributed by atoms with Crippen molar-refractivity contribution in [2.45, 2.75) is 81.7 Å². The molecule has 0 spiro atoms. The average molecular weight is 282 g/mol. The quantitative estimate of drug-likeness (QED) is 0.833. The van der Waals surface area contributed by atoms with Gasteiger partial charge >= 0.3 is 0 Å². The predicted octanol–water partition coefficient (Wildman–Crippen LogP) is 3.27. The Bertz CT molecular complexity index is 264. The highest BCUT2D eigenvalue weighted by molar-refractivity contribution is 8.00. The minimum absolute atomic E-state index is 0.808. The molecule has 3 aliphatic heterocycles. The molecular weight excluding hydrogens is 252 g/mol. The Kier molecular flexibility index (Phi) is 5.10. The Morgan fingerprint density at radius 1 is 1.11 bits per heavy atom. The van der Waals surface area contributed by atoms with Crippen LogP contribution >= 0.6 is 11.8 Å². The summed E-state index contributed by atoms with van der Waals surface area (Å²) in [6.07, 6.45) is 11.4. The van der Waals surface area contributed by atoms with Gasteiger partial charge < -0.3 is 5.32 Å². The molecule has 3 heterocycles. The van der Waals surface area contributed by atoms with E-state index in [-0.39, 0.29) is 0 Å². The lowest BCUT2D eigenvalue weighted by atomic mass is 9.81. The van der Waals surface area contributed by atoms with E-state index in [0.29, 0.717) is 0 Å². The maximum Gasteiger partial charge on any atom is 0.0175 e. The second-order valence-corrected chi connectivity index (χ2v) is 8.10. The standard InChI is InChI=1S/C16H30N2S/c1-2-8-17-13-10-14-5-3-6-15(11-13)18(14)12-16-7-4-9-19-16/h13-17H,2-12H2,1H3. The molecule has 0 aliphatic carbocycles. The zero-order chi connectivity index (χ0) is 13.1. The van der Waals surface area contributed by atoms with Crippen LogP contribution in [0.5, 0.6) is 0 Å². The van der Waals surface area contributed by atoms with Gasteiger partial charge in [0.05, 0.1) is 0 Å². The molecule has 0 saturated carbocycles. The van der Waals surface area contributed by atoms with Gasteiger partial charge in [-0.05, 0) is 57.2 Å². The SMILES string of the molecule is CCCNC1CC2CCCC(C1)N2CC1CCCS1. The summed E-state index contributed by atoms with van der Waals surface area (Å²) in [6, 6.07) is 2.59. The topological polar surface area (TPSA) is 15.3 Å². The summed E-state index contributed by atoms with van der Waals surface area (Å²) in [7, 11) is 0. The first-order valence-corrected chi connectivity index (χ1v) is 9.52. The zero-order valence-electron chi connectivity index (χ0n) is 12.4. The summed E-state index contributed by atoms with van der Waals surface area (Å²) < 4.78 is 0. The van der Waals surface area contributed by atoms with Crippen LogP contribution in [0.1, 0.15) is 58.3 Å². The third-order valence-corrected chi connectivity index (χ3v) is 6.63. The summed E-state index contributed by atoms with van der Waals surface area (Å²) in [5, 5.41) is 4.73. The van der Waals surface area contributed by atoms with Gasteiger partial charge in [-0.25, -0.2) is 0 Å². The van der Waals surface area contributed by atoms with Gasteiger partial charge in [0, 0.05) is 29.9 Å². The third-order valence-electron chi connectivity index (χ3n) is 5.25. The van der Waals surface area contributed by atoms with E-state index in [2.05, 4.69) is 28.9 Å². The third kappa shape index (κ3) is 3.48. The van der Waals surface area contributed by atoms with E-state index >= 15 is 0 Å². The minimum atomic E-state index is 0.808. The first kappa shape index (κ1) is 14.2. The van der Waals surface area contributed by atoms with Gasteiger partial charge in [0.15, 0.2) is 0 Å². The molecule has 3 fully saturated rings. The maximum absolute atomic E-state index is 3.78. The number of hydrogen-bond acceptors (Lipinski definition) is 3. The molecule has 110 valence electrons. The van der Waals surface area contributed by atoms with E-state index in [1.54, 1.807) is 0 Å². The molecule has 0 aromatic rings. The fourth-order valence-electron chi connectivity index (χ4n) is 4.32. The Morgan fingerprint density at radius 2 is 1.89 bits per heavy atom. The Morgan fingerprint density at radius 3 is 2.53 bits per heavy atom. The van der Waals surface area contributed by atoms with Crippen LogP contribution in [0.4, 0.5) is 0 Å². The molecule has 3 aliphatic rings. The number of nitrogens with zero attached hydrogens (tertiary/aromatic N) is 1. The lowest BCUT2D eigenvalue weighted by Crippen LogP contribution is -2.57. The number of hydrogen-bond donors (Lipinski definition) is 1. The number of piperidine rings is 2. The van der Waals surface area contributed by atoms with Crippen molar-refractivity contribution in [1.29, 1.82) is 0 Å². The van der Waals surface area contributed by atoms with Crippen LogP contribution in [0.2, 0.25) is 0 Å². The van der Waals surface area contributed by atoms with E-state index in [1.807, 2.05) is 0 Å². The normalized spacial score (nSPS) is 39.6. The second kappa shape index (κ2) is 6.82. The summed E-state index contributed by atoms with van der Waals surface area (Å²) >= 11 is 2.23. The molecule has 2 nitrogen and oxygen atoms in total. The fourth-order valence-corrected chi connectivity index (χ4v) is 5.59. The van der Waals surface area contributed by atoms with Crippen molar-refractivity contribution in [3.05, 3.63) is 0 Å². The van der Waals surface area contributed by atoms with Gasteiger partial charge in [0.1, 0.15) is 0 Å². The average Bonchev–Trinajstić information content (AvgIpc) is 2.89. The molecule has 3 saturated heterocycles. The van der Waals surface area contributed by atoms with Crippen LogP contribution in [-0.2, 0) is 0 Å². The highest BCUT2D eigenvalue weighted by Gasteiger charge is 2.39. The largest absolute Gasteiger partial charge is 0.314 e. The fraction of sp³-hybridized carbons (Fsp3) is 1.00. The van der Waals surface area contributed by atoms with E-state index in [0.717, 1.165) is 23.4 Å². The molecule has 2 bridgehead atoms. The van der Waals surface area contributed by atoms with Crippen LogP contribution in [0.15, 0.2) is 0 Å². The Hall–Kier alpha value is 0.270. The molecule has 3 atom stereocenters. The molecule has 0 aromatic heterocycles. The number of nitrogens with one attached hydrogen (secondary N) is 1. The van der Waals surface area contributed by atoms with Crippen LogP contribution in [0, 0.1) is 0 Å². The first-order valence-electron chi connectivity index (χ1n) is 8.47. The molecule has 1 N–H and O–H groups in total. The molecular formula is C16H30N2S. The van der Waals surface area contributed by atoms with Gasteiger partial charge in [0.2, 0.25) is 0 Å². The van der Waals surface area contributed by atoms with Crippen molar-refractivity contribution >= 4 is 11.8 Å². The number of rotatable bonds is 5. The van der Waals surface area contributed by atoms with Crippen molar-refractivity contribution in [2.75, 3.05) is 18.8 Å². The van der Waals surface area contributed by atoms with Crippen LogP contribution in [0.3, 0.4) is 0 Å². The van der Waals surface area contributed by atoms with Crippen molar-refractivity contribution in [2.24, 2.45) is 0 Å². The lowest BCUT2D eigenvalue weighted by Gasteiger charge is -2.50. The summed E-state index contributed by atoms with van der Waals surface area (Å²) in [5.41, 5.74) is 0.